The topological polar surface area (TPSA) is 29.3 Å². The van der Waals surface area contributed by atoms with Crippen LogP contribution in [-0.4, -0.2) is 24.5 Å². The van der Waals surface area contributed by atoms with Crippen LogP contribution in [0.1, 0.15) is 56.6 Å². The van der Waals surface area contributed by atoms with E-state index in [9.17, 15) is 0 Å². The van der Waals surface area contributed by atoms with E-state index in [0.29, 0.717) is 10.0 Å². The molecule has 4 heteroatoms. The fourth-order valence-corrected chi connectivity index (χ4v) is 3.63. The van der Waals surface area contributed by atoms with Gasteiger partial charge in [-0.1, -0.05) is 61.0 Å². The Morgan fingerprint density at radius 2 is 1.86 bits per heavy atom. The Hall–Kier alpha value is -0.280. The summed E-state index contributed by atoms with van der Waals surface area (Å²) < 4.78 is 0. The van der Waals surface area contributed by atoms with Gasteiger partial charge in [-0.2, -0.15) is 0 Å². The van der Waals surface area contributed by atoms with Crippen LogP contribution in [0.4, 0.5) is 0 Å². The molecule has 0 bridgehead atoms. The van der Waals surface area contributed by atoms with E-state index in [-0.39, 0.29) is 6.04 Å². The first-order chi connectivity index (χ1) is 10.1. The molecule has 1 aromatic rings. The van der Waals surface area contributed by atoms with Crippen molar-refractivity contribution in [1.29, 1.82) is 0 Å². The number of hydrogen-bond donors (Lipinski definition) is 1. The summed E-state index contributed by atoms with van der Waals surface area (Å²) in [5, 5.41) is 1.19. The van der Waals surface area contributed by atoms with Crippen LogP contribution in [0, 0.1) is 0 Å². The molecule has 0 spiro atoms. The van der Waals surface area contributed by atoms with Crippen LogP contribution >= 0.6 is 23.2 Å². The zero-order chi connectivity index (χ0) is 15.2. The Bertz CT molecular complexity index is 442. The van der Waals surface area contributed by atoms with Gasteiger partial charge in [0.1, 0.15) is 0 Å². The van der Waals surface area contributed by atoms with E-state index < -0.39 is 0 Å². The lowest BCUT2D eigenvalue weighted by atomic mass is 10.0. The molecule has 1 aromatic carbocycles. The maximum Gasteiger partial charge on any atom is 0.0640 e. The molecular formula is C17H26Cl2N2. The second-order valence-corrected chi connectivity index (χ2v) is 6.95. The predicted octanol–water partition coefficient (Wildman–Crippen LogP) is 5.04. The monoisotopic (exact) mass is 328 g/mol. The highest BCUT2D eigenvalue weighted by molar-refractivity contribution is 6.42. The highest BCUT2D eigenvalue weighted by Crippen LogP contribution is 2.30. The molecule has 1 fully saturated rings. The molecule has 1 unspecified atom stereocenters. The van der Waals surface area contributed by atoms with Crippen molar-refractivity contribution in [3.63, 3.8) is 0 Å². The molecule has 2 nitrogen and oxygen atoms in total. The number of nitrogens with two attached hydrogens (primary N) is 1. The summed E-state index contributed by atoms with van der Waals surface area (Å²) in [6.45, 7) is 1.01. The number of hydrogen-bond acceptors (Lipinski definition) is 2. The van der Waals surface area contributed by atoms with Gasteiger partial charge in [0.05, 0.1) is 10.0 Å². The average molecular weight is 329 g/mol. The first-order valence-electron chi connectivity index (χ1n) is 7.99. The molecule has 1 aliphatic rings. The van der Waals surface area contributed by atoms with Gasteiger partial charge in [-0.25, -0.2) is 0 Å². The Morgan fingerprint density at radius 3 is 2.52 bits per heavy atom. The number of rotatable bonds is 5. The molecule has 118 valence electrons. The molecule has 2 N–H and O–H groups in total. The van der Waals surface area contributed by atoms with Crippen LogP contribution in [0.25, 0.3) is 0 Å². The van der Waals surface area contributed by atoms with Gasteiger partial charge in [-0.3, -0.25) is 0 Å². The lowest BCUT2D eigenvalue weighted by Crippen LogP contribution is -2.33. The maximum absolute atomic E-state index is 6.30. The number of halogens is 2. The highest BCUT2D eigenvalue weighted by atomic mass is 35.5. The van der Waals surface area contributed by atoms with E-state index in [4.69, 9.17) is 28.9 Å². The Balaban J connectivity index is 1.88. The molecule has 0 aliphatic heterocycles. The quantitative estimate of drug-likeness (QED) is 0.767. The van der Waals surface area contributed by atoms with Gasteiger partial charge in [0.15, 0.2) is 0 Å². The smallest absolute Gasteiger partial charge is 0.0640 e. The normalized spacial score (nSPS) is 18.7. The summed E-state index contributed by atoms with van der Waals surface area (Å²) in [7, 11) is 2.22. The zero-order valence-corrected chi connectivity index (χ0v) is 14.3. The molecule has 0 radical (unpaired) electrons. The van der Waals surface area contributed by atoms with Crippen molar-refractivity contribution >= 4 is 23.2 Å². The first kappa shape index (κ1) is 17.1. The summed E-state index contributed by atoms with van der Waals surface area (Å²) in [5.41, 5.74) is 7.26. The van der Waals surface area contributed by atoms with E-state index >= 15 is 0 Å². The lowest BCUT2D eigenvalue weighted by Gasteiger charge is -2.28. The van der Waals surface area contributed by atoms with Crippen LogP contribution in [0.2, 0.25) is 10.0 Å². The Kier molecular flexibility index (Phi) is 6.81. The van der Waals surface area contributed by atoms with Crippen molar-refractivity contribution in [3.8, 4) is 0 Å². The highest BCUT2D eigenvalue weighted by Gasteiger charge is 2.18. The summed E-state index contributed by atoms with van der Waals surface area (Å²) in [6, 6.07) is 6.36. The van der Waals surface area contributed by atoms with Gasteiger partial charge < -0.3 is 10.6 Å². The fraction of sp³-hybridized carbons (Fsp3) is 0.647. The number of nitrogens with zero attached hydrogens (tertiary/aromatic N) is 1. The standard InChI is InChI=1S/C17H26Cl2N2/c1-21(13-7-4-2-3-5-8-13)12-11-16(20)14-9-6-10-15(18)17(14)19/h6,9-10,13,16H,2-5,7-8,11-12,20H2,1H3. The molecule has 0 heterocycles. The van der Waals surface area contributed by atoms with Gasteiger partial charge in [0.25, 0.3) is 0 Å². The molecule has 0 amide bonds. The first-order valence-corrected chi connectivity index (χ1v) is 8.75. The van der Waals surface area contributed by atoms with Crippen molar-refractivity contribution in [3.05, 3.63) is 33.8 Å². The van der Waals surface area contributed by atoms with E-state index in [1.54, 1.807) is 6.07 Å². The minimum absolute atomic E-state index is 0.0515. The van der Waals surface area contributed by atoms with Crippen molar-refractivity contribution < 1.29 is 0 Å². The zero-order valence-electron chi connectivity index (χ0n) is 12.8. The van der Waals surface area contributed by atoms with Crippen molar-refractivity contribution in [2.75, 3.05) is 13.6 Å². The number of benzene rings is 1. The molecule has 1 atom stereocenters. The summed E-state index contributed by atoms with van der Waals surface area (Å²) in [4.78, 5) is 2.48. The molecule has 1 aliphatic carbocycles. The average Bonchev–Trinajstić information content (AvgIpc) is 2.76. The van der Waals surface area contributed by atoms with Crippen LogP contribution in [0.3, 0.4) is 0 Å². The van der Waals surface area contributed by atoms with E-state index in [2.05, 4.69) is 11.9 Å². The van der Waals surface area contributed by atoms with Crippen molar-refractivity contribution in [2.45, 2.75) is 57.0 Å². The lowest BCUT2D eigenvalue weighted by molar-refractivity contribution is 0.214. The van der Waals surface area contributed by atoms with Gasteiger partial charge in [0.2, 0.25) is 0 Å². The third-order valence-electron chi connectivity index (χ3n) is 4.62. The van der Waals surface area contributed by atoms with Gasteiger partial charge >= 0.3 is 0 Å². The minimum Gasteiger partial charge on any atom is -0.324 e. The van der Waals surface area contributed by atoms with E-state index in [1.165, 1.54) is 38.5 Å². The molecule has 1 saturated carbocycles. The minimum atomic E-state index is -0.0515. The van der Waals surface area contributed by atoms with Crippen LogP contribution in [0.15, 0.2) is 18.2 Å². The molecular weight excluding hydrogens is 303 g/mol. The third-order valence-corrected chi connectivity index (χ3v) is 5.46. The third kappa shape index (κ3) is 4.85. The van der Waals surface area contributed by atoms with E-state index in [1.807, 2.05) is 12.1 Å². The molecule has 2 rings (SSSR count). The summed E-state index contributed by atoms with van der Waals surface area (Å²) >= 11 is 12.3. The van der Waals surface area contributed by atoms with E-state index in [0.717, 1.165) is 24.6 Å². The van der Waals surface area contributed by atoms with Crippen molar-refractivity contribution in [1.82, 2.24) is 4.90 Å². The SMILES string of the molecule is CN(CCC(N)c1cccc(Cl)c1Cl)C1CCCCCC1. The van der Waals surface area contributed by atoms with Gasteiger partial charge in [-0.15, -0.1) is 0 Å². The molecule has 0 saturated heterocycles. The fourth-order valence-electron chi connectivity index (χ4n) is 3.19. The second kappa shape index (κ2) is 8.38. The second-order valence-electron chi connectivity index (χ2n) is 6.16. The van der Waals surface area contributed by atoms with Crippen molar-refractivity contribution in [2.24, 2.45) is 5.73 Å². The Labute approximate surface area is 138 Å². The predicted molar refractivity (Wildman–Crippen MR) is 92.1 cm³/mol. The summed E-state index contributed by atoms with van der Waals surface area (Å²) in [6.07, 6.45) is 9.06. The summed E-state index contributed by atoms with van der Waals surface area (Å²) in [5.74, 6) is 0. The largest absolute Gasteiger partial charge is 0.324 e. The van der Waals surface area contributed by atoms with Crippen LogP contribution in [-0.2, 0) is 0 Å². The van der Waals surface area contributed by atoms with Gasteiger partial charge in [-0.05, 0) is 44.5 Å². The maximum atomic E-state index is 6.30. The van der Waals surface area contributed by atoms with Gasteiger partial charge in [0, 0.05) is 12.1 Å². The Morgan fingerprint density at radius 1 is 1.19 bits per heavy atom. The molecule has 21 heavy (non-hydrogen) atoms. The van der Waals surface area contributed by atoms with Crippen LogP contribution < -0.4 is 5.73 Å². The van der Waals surface area contributed by atoms with Crippen LogP contribution in [0.5, 0.6) is 0 Å². The molecule has 0 aromatic heterocycles.